The van der Waals surface area contributed by atoms with Crippen molar-refractivity contribution in [3.63, 3.8) is 0 Å². The van der Waals surface area contributed by atoms with E-state index in [1.54, 1.807) is 0 Å². The average Bonchev–Trinajstić information content (AvgIpc) is 2.37. The lowest BCUT2D eigenvalue weighted by Gasteiger charge is -2.31. The van der Waals surface area contributed by atoms with Crippen LogP contribution in [0.5, 0.6) is 0 Å². The summed E-state index contributed by atoms with van der Waals surface area (Å²) < 4.78 is 0. The van der Waals surface area contributed by atoms with Crippen LogP contribution in [0.3, 0.4) is 0 Å². The monoisotopic (exact) mass is 346 g/mol. The third-order valence-electron chi connectivity index (χ3n) is 3.89. The fourth-order valence-electron chi connectivity index (χ4n) is 2.99. The maximum absolute atomic E-state index is 5.63. The van der Waals surface area contributed by atoms with Gasteiger partial charge in [0.1, 0.15) is 0 Å². The molecular weight excluding hydrogens is 304 g/mol. The van der Waals surface area contributed by atoms with Crippen LogP contribution in [0.25, 0.3) is 0 Å². The summed E-state index contributed by atoms with van der Waals surface area (Å²) in [6, 6.07) is 1.33. The smallest absolute Gasteiger partial charge is 0.0362 e. The lowest BCUT2D eigenvalue weighted by molar-refractivity contribution is 0.295. The molecule has 3 N–H and O–H groups in total. The Kier molecular flexibility index (Phi) is 11.8. The standard InChI is InChI=1S/C10H21N.C6H13N.C4H9Cl/c1-10(2,3)11-9-7-5-4-6-8-9;7-6-4-2-1-3-5-6;1-4(2,3)5/h9,11H,4-8H2,1-3H3;6H,1-5,7H2;1-3H3. The Labute approximate surface area is 151 Å². The van der Waals surface area contributed by atoms with E-state index in [0.29, 0.717) is 11.6 Å². The number of halogens is 1. The molecule has 0 aromatic rings. The normalized spacial score (nSPS) is 20.9. The molecular formula is C20H43ClN2. The number of hydrogen-bond acceptors (Lipinski definition) is 2. The summed E-state index contributed by atoms with van der Waals surface area (Å²) in [4.78, 5) is -0.0278. The van der Waals surface area contributed by atoms with Gasteiger partial charge in [0.05, 0.1) is 0 Å². The largest absolute Gasteiger partial charge is 0.328 e. The van der Waals surface area contributed by atoms with E-state index in [1.165, 1.54) is 64.2 Å². The van der Waals surface area contributed by atoms with Gasteiger partial charge in [0.2, 0.25) is 0 Å². The van der Waals surface area contributed by atoms with Crippen molar-refractivity contribution in [3.05, 3.63) is 0 Å². The van der Waals surface area contributed by atoms with Crippen LogP contribution in [0.1, 0.15) is 106 Å². The van der Waals surface area contributed by atoms with Gasteiger partial charge in [0.15, 0.2) is 0 Å². The molecule has 0 saturated heterocycles. The van der Waals surface area contributed by atoms with E-state index in [9.17, 15) is 0 Å². The minimum Gasteiger partial charge on any atom is -0.328 e. The molecule has 0 atom stereocenters. The van der Waals surface area contributed by atoms with E-state index in [-0.39, 0.29) is 4.87 Å². The first-order chi connectivity index (χ1) is 10.5. The zero-order valence-electron chi connectivity index (χ0n) is 16.7. The third-order valence-corrected chi connectivity index (χ3v) is 3.89. The quantitative estimate of drug-likeness (QED) is 0.570. The predicted molar refractivity (Wildman–Crippen MR) is 106 cm³/mol. The molecule has 0 amide bonds. The Morgan fingerprint density at radius 2 is 1.09 bits per heavy atom. The van der Waals surface area contributed by atoms with Gasteiger partial charge >= 0.3 is 0 Å². The molecule has 23 heavy (non-hydrogen) atoms. The van der Waals surface area contributed by atoms with Crippen molar-refractivity contribution in [2.24, 2.45) is 5.73 Å². The van der Waals surface area contributed by atoms with Crippen LogP contribution < -0.4 is 11.1 Å². The molecule has 0 spiro atoms. The number of alkyl halides is 1. The van der Waals surface area contributed by atoms with E-state index in [1.807, 2.05) is 20.8 Å². The van der Waals surface area contributed by atoms with Crippen molar-refractivity contribution in [2.75, 3.05) is 0 Å². The van der Waals surface area contributed by atoms with Crippen LogP contribution in [0.2, 0.25) is 0 Å². The molecule has 3 heteroatoms. The van der Waals surface area contributed by atoms with Gasteiger partial charge in [-0.3, -0.25) is 0 Å². The maximum atomic E-state index is 5.63. The highest BCUT2D eigenvalue weighted by Crippen LogP contribution is 2.19. The molecule has 2 rings (SSSR count). The Balaban J connectivity index is 0.000000347. The highest BCUT2D eigenvalue weighted by molar-refractivity contribution is 6.23. The molecule has 2 aliphatic rings. The summed E-state index contributed by atoms with van der Waals surface area (Å²) in [6.07, 6.45) is 13.7. The van der Waals surface area contributed by atoms with Gasteiger partial charge in [-0.05, 0) is 67.2 Å². The number of nitrogens with one attached hydrogen (secondary N) is 1. The van der Waals surface area contributed by atoms with Gasteiger partial charge in [-0.2, -0.15) is 0 Å². The SMILES string of the molecule is CC(C)(C)Cl.CC(C)(C)NC1CCCCC1.NC1CCCCC1. The Hall–Kier alpha value is 0.210. The maximum Gasteiger partial charge on any atom is 0.0362 e. The molecule has 0 aliphatic heterocycles. The van der Waals surface area contributed by atoms with Crippen molar-refractivity contribution >= 4 is 11.6 Å². The van der Waals surface area contributed by atoms with Crippen molar-refractivity contribution in [3.8, 4) is 0 Å². The molecule has 2 nitrogen and oxygen atoms in total. The second kappa shape index (κ2) is 11.7. The van der Waals surface area contributed by atoms with E-state index in [0.717, 1.165) is 6.04 Å². The van der Waals surface area contributed by atoms with Crippen molar-refractivity contribution in [1.29, 1.82) is 0 Å². The van der Waals surface area contributed by atoms with E-state index < -0.39 is 0 Å². The summed E-state index contributed by atoms with van der Waals surface area (Å²) in [5.41, 5.74) is 5.94. The molecule has 0 aromatic carbocycles. The highest BCUT2D eigenvalue weighted by atomic mass is 35.5. The minimum absolute atomic E-state index is 0.0278. The topological polar surface area (TPSA) is 38.0 Å². The fraction of sp³-hybridized carbons (Fsp3) is 1.00. The van der Waals surface area contributed by atoms with Crippen LogP contribution in [0.15, 0.2) is 0 Å². The molecule has 2 fully saturated rings. The van der Waals surface area contributed by atoms with Gasteiger partial charge in [0, 0.05) is 22.5 Å². The Morgan fingerprint density at radius 1 is 0.739 bits per heavy atom. The fourth-order valence-corrected chi connectivity index (χ4v) is 2.99. The van der Waals surface area contributed by atoms with Crippen molar-refractivity contribution in [1.82, 2.24) is 5.32 Å². The first-order valence-corrected chi connectivity index (χ1v) is 10.1. The molecule has 0 unspecified atom stereocenters. The second-order valence-electron chi connectivity index (χ2n) is 9.19. The van der Waals surface area contributed by atoms with Crippen molar-refractivity contribution < 1.29 is 0 Å². The summed E-state index contributed by atoms with van der Waals surface area (Å²) in [5, 5.41) is 3.66. The van der Waals surface area contributed by atoms with Gasteiger partial charge in [0.25, 0.3) is 0 Å². The van der Waals surface area contributed by atoms with Crippen LogP contribution in [-0.2, 0) is 0 Å². The molecule has 0 bridgehead atoms. The molecule has 0 radical (unpaired) electrons. The van der Waals surface area contributed by atoms with E-state index in [2.05, 4.69) is 26.1 Å². The Bertz CT molecular complexity index is 260. The second-order valence-corrected chi connectivity index (χ2v) is 10.3. The van der Waals surface area contributed by atoms with Crippen LogP contribution in [-0.4, -0.2) is 22.5 Å². The lowest BCUT2D eigenvalue weighted by Crippen LogP contribution is -2.44. The van der Waals surface area contributed by atoms with Crippen molar-refractivity contribution in [2.45, 2.75) is 128 Å². The lowest BCUT2D eigenvalue weighted by atomic mass is 9.93. The van der Waals surface area contributed by atoms with Gasteiger partial charge in [-0.15, -0.1) is 11.6 Å². The summed E-state index contributed by atoms with van der Waals surface area (Å²) in [7, 11) is 0. The van der Waals surface area contributed by atoms with Gasteiger partial charge < -0.3 is 11.1 Å². The molecule has 2 aliphatic carbocycles. The highest BCUT2D eigenvalue weighted by Gasteiger charge is 2.18. The summed E-state index contributed by atoms with van der Waals surface area (Å²) >= 11 is 5.53. The predicted octanol–water partition coefficient (Wildman–Crippen LogP) is 6.01. The van der Waals surface area contributed by atoms with Crippen LogP contribution >= 0.6 is 11.6 Å². The van der Waals surface area contributed by atoms with Crippen LogP contribution in [0.4, 0.5) is 0 Å². The number of nitrogens with two attached hydrogens (primary N) is 1. The average molecular weight is 347 g/mol. The first kappa shape index (κ1) is 23.2. The van der Waals surface area contributed by atoms with E-state index >= 15 is 0 Å². The Morgan fingerprint density at radius 3 is 1.35 bits per heavy atom. The number of hydrogen-bond donors (Lipinski definition) is 2. The first-order valence-electron chi connectivity index (χ1n) is 9.69. The zero-order valence-corrected chi connectivity index (χ0v) is 17.4. The summed E-state index contributed by atoms with van der Waals surface area (Å²) in [6.45, 7) is 12.6. The summed E-state index contributed by atoms with van der Waals surface area (Å²) in [5.74, 6) is 0. The van der Waals surface area contributed by atoms with Gasteiger partial charge in [-0.25, -0.2) is 0 Å². The number of rotatable bonds is 1. The third kappa shape index (κ3) is 20.2. The van der Waals surface area contributed by atoms with E-state index in [4.69, 9.17) is 17.3 Å². The molecule has 2 saturated carbocycles. The molecule has 0 heterocycles. The minimum atomic E-state index is -0.0278. The molecule has 140 valence electrons. The molecule has 0 aromatic heterocycles. The van der Waals surface area contributed by atoms with Gasteiger partial charge in [-0.1, -0.05) is 38.5 Å². The van der Waals surface area contributed by atoms with Crippen LogP contribution in [0, 0.1) is 0 Å². The zero-order chi connectivity index (χ0) is 17.9.